The molecule has 0 saturated carbocycles. The van der Waals surface area contributed by atoms with Crippen LogP contribution in [-0.4, -0.2) is 24.3 Å². The molecule has 1 aromatic rings. The van der Waals surface area contributed by atoms with E-state index in [0.29, 0.717) is 11.5 Å². The van der Waals surface area contributed by atoms with Gasteiger partial charge in [0.05, 0.1) is 13.2 Å². The van der Waals surface area contributed by atoms with E-state index in [4.69, 9.17) is 31.9 Å². The Morgan fingerprint density at radius 3 is 2.44 bits per heavy atom. The number of nitrogens with two attached hydrogens (primary N) is 1. The first-order valence-electron chi connectivity index (χ1n) is 5.39. The number of aliphatic carboxylic acids is 1. The van der Waals surface area contributed by atoms with Gasteiger partial charge in [0.15, 0.2) is 11.5 Å². The van der Waals surface area contributed by atoms with Crippen LogP contribution in [0.1, 0.15) is 25.5 Å². The average Bonchev–Trinajstić information content (AvgIpc) is 2.27. The van der Waals surface area contributed by atoms with Crippen LogP contribution in [0, 0.1) is 0 Å². The van der Waals surface area contributed by atoms with Crippen molar-refractivity contribution >= 4 is 17.6 Å². The molecule has 0 fully saturated rings. The van der Waals surface area contributed by atoms with Gasteiger partial charge in [-0.1, -0.05) is 11.6 Å². The summed E-state index contributed by atoms with van der Waals surface area (Å²) in [7, 11) is 1.46. The SMILES string of the molecule is COc1cc(C(N)C(=O)O)c(Cl)cc1OC(C)C. The van der Waals surface area contributed by atoms with Crippen molar-refractivity contribution in [1.82, 2.24) is 0 Å². The van der Waals surface area contributed by atoms with Gasteiger partial charge in [-0.25, -0.2) is 0 Å². The zero-order valence-corrected chi connectivity index (χ0v) is 11.2. The lowest BCUT2D eigenvalue weighted by Gasteiger charge is -2.17. The zero-order valence-electron chi connectivity index (χ0n) is 10.4. The number of methoxy groups -OCH3 is 1. The van der Waals surface area contributed by atoms with Gasteiger partial charge in [-0.05, 0) is 19.9 Å². The van der Waals surface area contributed by atoms with Crippen LogP contribution in [-0.2, 0) is 4.79 Å². The predicted octanol–water partition coefficient (Wildman–Crippen LogP) is 2.22. The third kappa shape index (κ3) is 3.27. The van der Waals surface area contributed by atoms with Crippen LogP contribution in [0.25, 0.3) is 0 Å². The Hall–Kier alpha value is -1.46. The summed E-state index contributed by atoms with van der Waals surface area (Å²) in [6, 6.07) is 1.80. The fraction of sp³-hybridized carbons (Fsp3) is 0.417. The van der Waals surface area contributed by atoms with E-state index in [-0.39, 0.29) is 16.7 Å². The molecule has 1 aromatic carbocycles. The maximum atomic E-state index is 10.9. The summed E-state index contributed by atoms with van der Waals surface area (Å²) in [6.45, 7) is 3.73. The molecule has 18 heavy (non-hydrogen) atoms. The van der Waals surface area contributed by atoms with Gasteiger partial charge in [0.1, 0.15) is 6.04 Å². The van der Waals surface area contributed by atoms with Crippen molar-refractivity contribution < 1.29 is 19.4 Å². The molecule has 0 aromatic heterocycles. The number of hydrogen-bond acceptors (Lipinski definition) is 4. The largest absolute Gasteiger partial charge is 0.493 e. The van der Waals surface area contributed by atoms with E-state index in [1.807, 2.05) is 13.8 Å². The number of hydrogen-bond donors (Lipinski definition) is 2. The summed E-state index contributed by atoms with van der Waals surface area (Å²) in [5.74, 6) is -0.296. The lowest BCUT2D eigenvalue weighted by atomic mass is 10.1. The molecule has 0 bridgehead atoms. The number of carboxylic acid groups (broad SMARTS) is 1. The first-order valence-corrected chi connectivity index (χ1v) is 5.77. The highest BCUT2D eigenvalue weighted by Gasteiger charge is 2.21. The van der Waals surface area contributed by atoms with Crippen molar-refractivity contribution in [3.63, 3.8) is 0 Å². The van der Waals surface area contributed by atoms with E-state index in [2.05, 4.69) is 0 Å². The van der Waals surface area contributed by atoms with Crippen LogP contribution in [0.3, 0.4) is 0 Å². The second-order valence-electron chi connectivity index (χ2n) is 4.01. The highest BCUT2D eigenvalue weighted by atomic mass is 35.5. The second-order valence-corrected chi connectivity index (χ2v) is 4.41. The Balaban J connectivity index is 3.21. The molecule has 1 atom stereocenters. The van der Waals surface area contributed by atoms with E-state index < -0.39 is 12.0 Å². The Morgan fingerprint density at radius 1 is 1.39 bits per heavy atom. The lowest BCUT2D eigenvalue weighted by Crippen LogP contribution is -2.21. The van der Waals surface area contributed by atoms with Crippen LogP contribution >= 0.6 is 11.6 Å². The van der Waals surface area contributed by atoms with Crippen molar-refractivity contribution in [3.8, 4) is 11.5 Å². The van der Waals surface area contributed by atoms with Crippen molar-refractivity contribution in [2.75, 3.05) is 7.11 Å². The summed E-state index contributed by atoms with van der Waals surface area (Å²) in [5.41, 5.74) is 5.82. The molecule has 1 rings (SSSR count). The molecule has 3 N–H and O–H groups in total. The molecule has 1 unspecified atom stereocenters. The number of ether oxygens (including phenoxy) is 2. The van der Waals surface area contributed by atoms with Crippen molar-refractivity contribution in [1.29, 1.82) is 0 Å². The number of rotatable bonds is 5. The van der Waals surface area contributed by atoms with Gasteiger partial charge in [-0.3, -0.25) is 4.79 Å². The Kier molecular flexibility index (Phi) is 4.81. The Morgan fingerprint density at radius 2 is 2.00 bits per heavy atom. The summed E-state index contributed by atoms with van der Waals surface area (Å²) in [6.07, 6.45) is -0.0473. The molecule has 0 aliphatic rings. The quantitative estimate of drug-likeness (QED) is 0.860. The van der Waals surface area contributed by atoms with E-state index in [0.717, 1.165) is 0 Å². The smallest absolute Gasteiger partial charge is 0.325 e. The van der Waals surface area contributed by atoms with E-state index in [9.17, 15) is 4.79 Å². The van der Waals surface area contributed by atoms with Gasteiger partial charge in [-0.2, -0.15) is 0 Å². The fourth-order valence-electron chi connectivity index (χ4n) is 1.43. The number of carbonyl (C=O) groups is 1. The molecule has 0 radical (unpaired) electrons. The van der Waals surface area contributed by atoms with Crippen molar-refractivity contribution in [2.24, 2.45) is 5.73 Å². The minimum absolute atomic E-state index is 0.0473. The van der Waals surface area contributed by atoms with Crippen LogP contribution in [0.5, 0.6) is 11.5 Å². The molecule has 0 amide bonds. The first-order chi connectivity index (χ1) is 8.36. The Bertz CT molecular complexity index is 448. The molecule has 0 spiro atoms. The van der Waals surface area contributed by atoms with Gasteiger partial charge in [0, 0.05) is 16.7 Å². The van der Waals surface area contributed by atoms with Crippen molar-refractivity contribution in [2.45, 2.75) is 26.0 Å². The van der Waals surface area contributed by atoms with Crippen LogP contribution in [0.4, 0.5) is 0 Å². The molecule has 0 saturated heterocycles. The first kappa shape index (κ1) is 14.6. The Labute approximate surface area is 110 Å². The fourth-order valence-corrected chi connectivity index (χ4v) is 1.70. The topological polar surface area (TPSA) is 81.8 Å². The molecule has 100 valence electrons. The molecular formula is C12H16ClNO4. The number of benzene rings is 1. The molecule has 6 heteroatoms. The van der Waals surface area contributed by atoms with Gasteiger partial charge in [0.2, 0.25) is 0 Å². The van der Waals surface area contributed by atoms with Gasteiger partial charge < -0.3 is 20.3 Å². The van der Waals surface area contributed by atoms with Gasteiger partial charge in [-0.15, -0.1) is 0 Å². The second kappa shape index (κ2) is 5.93. The third-order valence-corrected chi connectivity index (χ3v) is 2.57. The summed E-state index contributed by atoms with van der Waals surface area (Å²) >= 11 is 6.00. The summed E-state index contributed by atoms with van der Waals surface area (Å²) in [5, 5.41) is 9.12. The summed E-state index contributed by atoms with van der Waals surface area (Å²) < 4.78 is 10.7. The molecule has 0 aliphatic carbocycles. The predicted molar refractivity (Wildman–Crippen MR) is 68.3 cm³/mol. The maximum absolute atomic E-state index is 10.9. The highest BCUT2D eigenvalue weighted by Crippen LogP contribution is 2.36. The summed E-state index contributed by atoms with van der Waals surface area (Å²) in [4.78, 5) is 10.9. The third-order valence-electron chi connectivity index (χ3n) is 2.25. The van der Waals surface area contributed by atoms with E-state index >= 15 is 0 Å². The molecular weight excluding hydrogens is 258 g/mol. The normalized spacial score (nSPS) is 12.3. The maximum Gasteiger partial charge on any atom is 0.325 e. The minimum Gasteiger partial charge on any atom is -0.493 e. The van der Waals surface area contributed by atoms with Crippen molar-refractivity contribution in [3.05, 3.63) is 22.7 Å². The average molecular weight is 274 g/mol. The van der Waals surface area contributed by atoms with E-state index in [1.54, 1.807) is 0 Å². The zero-order chi connectivity index (χ0) is 13.9. The number of halogens is 1. The standard InChI is InChI=1S/C12H16ClNO4/c1-6(2)18-10-5-8(13)7(4-9(10)17-3)11(14)12(15)16/h4-6,11H,14H2,1-3H3,(H,15,16). The highest BCUT2D eigenvalue weighted by molar-refractivity contribution is 6.31. The minimum atomic E-state index is -1.19. The van der Waals surface area contributed by atoms with Gasteiger partial charge >= 0.3 is 5.97 Å². The van der Waals surface area contributed by atoms with E-state index in [1.165, 1.54) is 19.2 Å². The van der Waals surface area contributed by atoms with Gasteiger partial charge in [0.25, 0.3) is 0 Å². The van der Waals surface area contributed by atoms with Crippen LogP contribution < -0.4 is 15.2 Å². The monoisotopic (exact) mass is 273 g/mol. The molecule has 0 aliphatic heterocycles. The van der Waals surface area contributed by atoms with Crippen LogP contribution in [0.2, 0.25) is 5.02 Å². The number of carboxylic acids is 1. The molecule has 5 nitrogen and oxygen atoms in total. The lowest BCUT2D eigenvalue weighted by molar-refractivity contribution is -0.138. The molecule has 0 heterocycles. The van der Waals surface area contributed by atoms with Crippen LogP contribution in [0.15, 0.2) is 12.1 Å².